The van der Waals surface area contributed by atoms with Crippen LogP contribution in [0.1, 0.15) is 25.1 Å². The molecule has 2 saturated heterocycles. The van der Waals surface area contributed by atoms with Gasteiger partial charge in [0.25, 0.3) is 0 Å². The Balaban J connectivity index is 1.56. The quantitative estimate of drug-likeness (QED) is 0.857. The Bertz CT molecular complexity index is 874. The predicted octanol–water partition coefficient (Wildman–Crippen LogP) is 1.54. The van der Waals surface area contributed by atoms with Crippen molar-refractivity contribution in [1.29, 1.82) is 0 Å². The van der Waals surface area contributed by atoms with E-state index in [1.54, 1.807) is 4.31 Å². The molecule has 0 radical (unpaired) electrons. The first kappa shape index (κ1) is 17.6. The summed E-state index contributed by atoms with van der Waals surface area (Å²) in [5, 5.41) is 7.50. The molecular weight excluding hydrogens is 350 g/mol. The van der Waals surface area contributed by atoms with Crippen molar-refractivity contribution in [3.63, 3.8) is 0 Å². The van der Waals surface area contributed by atoms with Crippen LogP contribution in [0.5, 0.6) is 0 Å². The average molecular weight is 375 g/mol. The summed E-state index contributed by atoms with van der Waals surface area (Å²) in [6.07, 6.45) is 0.651. The maximum Gasteiger partial charge on any atom is 0.214 e. The van der Waals surface area contributed by atoms with Gasteiger partial charge in [-0.3, -0.25) is 5.10 Å². The standard InChI is InChI=1S/C18H25N5O2S/c1-3-9-26(24,25)23-12-18(13-23)11-22(2)10-15(18)17-19-16(20-21-17)14-7-5-4-6-8-14/h4-8,15H,3,9-13H2,1-2H3,(H,19,20,21). The van der Waals surface area contributed by atoms with E-state index < -0.39 is 10.0 Å². The van der Waals surface area contributed by atoms with Gasteiger partial charge in [0.05, 0.1) is 5.75 Å². The molecule has 140 valence electrons. The third-order valence-electron chi connectivity index (χ3n) is 5.52. The van der Waals surface area contributed by atoms with Crippen molar-refractivity contribution in [1.82, 2.24) is 24.4 Å². The van der Waals surface area contributed by atoms with Gasteiger partial charge in [-0.2, -0.15) is 5.10 Å². The fraction of sp³-hybridized carbons (Fsp3) is 0.556. The van der Waals surface area contributed by atoms with Gasteiger partial charge in [0.1, 0.15) is 5.82 Å². The first-order chi connectivity index (χ1) is 12.4. The normalized spacial score (nSPS) is 23.4. The molecule has 2 aromatic rings. The zero-order valence-electron chi connectivity index (χ0n) is 15.2. The van der Waals surface area contributed by atoms with E-state index in [2.05, 4.69) is 22.1 Å². The topological polar surface area (TPSA) is 82.2 Å². The smallest absolute Gasteiger partial charge is 0.214 e. The third-order valence-corrected chi connectivity index (χ3v) is 7.49. The van der Waals surface area contributed by atoms with Gasteiger partial charge in [-0.1, -0.05) is 37.3 Å². The van der Waals surface area contributed by atoms with Gasteiger partial charge in [0, 0.05) is 43.1 Å². The molecule has 4 rings (SSSR count). The van der Waals surface area contributed by atoms with E-state index in [0.29, 0.717) is 25.3 Å². The fourth-order valence-corrected chi connectivity index (χ4v) is 5.98. The molecule has 0 saturated carbocycles. The first-order valence-electron chi connectivity index (χ1n) is 9.08. The van der Waals surface area contributed by atoms with Gasteiger partial charge in [-0.05, 0) is 13.5 Å². The van der Waals surface area contributed by atoms with Crippen molar-refractivity contribution in [2.45, 2.75) is 19.3 Å². The molecule has 1 atom stereocenters. The molecule has 2 aliphatic rings. The third kappa shape index (κ3) is 2.95. The summed E-state index contributed by atoms with van der Waals surface area (Å²) in [4.78, 5) is 7.00. The number of H-pyrrole nitrogens is 1. The van der Waals surface area contributed by atoms with Gasteiger partial charge in [0.2, 0.25) is 10.0 Å². The van der Waals surface area contributed by atoms with Crippen LogP contribution in [0.4, 0.5) is 0 Å². The number of nitrogens with one attached hydrogen (secondary N) is 1. The van der Waals surface area contributed by atoms with Crippen LogP contribution >= 0.6 is 0 Å². The lowest BCUT2D eigenvalue weighted by molar-refractivity contribution is 0.0637. The molecule has 2 fully saturated rings. The number of rotatable bonds is 5. The van der Waals surface area contributed by atoms with Crippen LogP contribution in [-0.2, 0) is 10.0 Å². The number of hydrogen-bond donors (Lipinski definition) is 1. The summed E-state index contributed by atoms with van der Waals surface area (Å²) in [5.74, 6) is 1.95. The van der Waals surface area contributed by atoms with E-state index in [9.17, 15) is 8.42 Å². The van der Waals surface area contributed by atoms with Crippen molar-refractivity contribution in [2.75, 3.05) is 39.0 Å². The summed E-state index contributed by atoms with van der Waals surface area (Å²) in [5.41, 5.74) is 0.916. The molecule has 2 aliphatic heterocycles. The molecule has 0 amide bonds. The lowest BCUT2D eigenvalue weighted by Gasteiger charge is -2.49. The average Bonchev–Trinajstić information content (AvgIpc) is 3.18. The Kier molecular flexibility index (Phi) is 4.37. The Morgan fingerprint density at radius 2 is 1.96 bits per heavy atom. The fourth-order valence-electron chi connectivity index (χ4n) is 4.30. The highest BCUT2D eigenvalue weighted by Gasteiger charge is 2.57. The maximum absolute atomic E-state index is 12.3. The molecule has 1 unspecified atom stereocenters. The minimum atomic E-state index is -3.13. The van der Waals surface area contributed by atoms with E-state index in [-0.39, 0.29) is 17.1 Å². The van der Waals surface area contributed by atoms with Crippen molar-refractivity contribution in [3.05, 3.63) is 36.2 Å². The van der Waals surface area contributed by atoms with Gasteiger partial charge < -0.3 is 4.90 Å². The Labute approximate surface area is 154 Å². The van der Waals surface area contributed by atoms with Crippen molar-refractivity contribution >= 4 is 10.0 Å². The zero-order chi connectivity index (χ0) is 18.4. The number of nitrogens with zero attached hydrogens (tertiary/aromatic N) is 4. The first-order valence-corrected chi connectivity index (χ1v) is 10.7. The van der Waals surface area contributed by atoms with Crippen LogP contribution < -0.4 is 0 Å². The van der Waals surface area contributed by atoms with Crippen LogP contribution in [0, 0.1) is 5.41 Å². The molecule has 26 heavy (non-hydrogen) atoms. The van der Waals surface area contributed by atoms with Crippen LogP contribution in [0.25, 0.3) is 11.4 Å². The lowest BCUT2D eigenvalue weighted by atomic mass is 9.72. The number of benzene rings is 1. The van der Waals surface area contributed by atoms with E-state index >= 15 is 0 Å². The summed E-state index contributed by atoms with van der Waals surface area (Å²) >= 11 is 0. The lowest BCUT2D eigenvalue weighted by Crippen LogP contribution is -2.61. The zero-order valence-corrected chi connectivity index (χ0v) is 16.0. The van der Waals surface area contributed by atoms with Crippen LogP contribution in [-0.4, -0.2) is 71.8 Å². The van der Waals surface area contributed by atoms with Crippen LogP contribution in [0.2, 0.25) is 0 Å². The Hall–Kier alpha value is -1.77. The largest absolute Gasteiger partial charge is 0.305 e. The molecule has 1 aromatic carbocycles. The molecule has 0 aliphatic carbocycles. The minimum Gasteiger partial charge on any atom is -0.305 e. The van der Waals surface area contributed by atoms with Crippen molar-refractivity contribution in [2.24, 2.45) is 5.41 Å². The van der Waals surface area contributed by atoms with Crippen molar-refractivity contribution in [3.8, 4) is 11.4 Å². The molecule has 8 heteroatoms. The monoisotopic (exact) mass is 375 g/mol. The number of aromatic nitrogens is 3. The minimum absolute atomic E-state index is 0.0664. The Morgan fingerprint density at radius 3 is 2.65 bits per heavy atom. The second kappa shape index (κ2) is 6.44. The Morgan fingerprint density at radius 1 is 1.23 bits per heavy atom. The van der Waals surface area contributed by atoms with Gasteiger partial charge >= 0.3 is 0 Å². The highest BCUT2D eigenvalue weighted by Crippen LogP contribution is 2.48. The summed E-state index contributed by atoms with van der Waals surface area (Å²) in [6.45, 7) is 4.80. The van der Waals surface area contributed by atoms with Crippen LogP contribution in [0.3, 0.4) is 0 Å². The molecule has 3 heterocycles. The number of likely N-dealkylation sites (tertiary alicyclic amines) is 1. The molecule has 0 bridgehead atoms. The molecule has 7 nitrogen and oxygen atoms in total. The predicted molar refractivity (Wildman–Crippen MR) is 100 cm³/mol. The van der Waals surface area contributed by atoms with Crippen molar-refractivity contribution < 1.29 is 8.42 Å². The summed E-state index contributed by atoms with van der Waals surface area (Å²) < 4.78 is 26.3. The molecular formula is C18H25N5O2S. The number of likely N-dealkylation sites (N-methyl/N-ethyl adjacent to an activating group) is 1. The molecule has 1 aromatic heterocycles. The molecule has 1 N–H and O–H groups in total. The SMILES string of the molecule is CCCS(=O)(=O)N1CC2(CN(C)CC2c2nc(-c3ccccc3)n[nH]2)C1. The maximum atomic E-state index is 12.3. The number of sulfonamides is 1. The van der Waals surface area contributed by atoms with Gasteiger partial charge in [-0.25, -0.2) is 17.7 Å². The highest BCUT2D eigenvalue weighted by atomic mass is 32.2. The second-order valence-electron chi connectivity index (χ2n) is 7.61. The van der Waals surface area contributed by atoms with Gasteiger partial charge in [-0.15, -0.1) is 0 Å². The van der Waals surface area contributed by atoms with E-state index in [0.717, 1.165) is 24.5 Å². The summed E-state index contributed by atoms with van der Waals surface area (Å²) in [7, 11) is -1.05. The summed E-state index contributed by atoms with van der Waals surface area (Å²) in [6, 6.07) is 9.90. The van der Waals surface area contributed by atoms with Crippen LogP contribution in [0.15, 0.2) is 30.3 Å². The van der Waals surface area contributed by atoms with E-state index in [1.165, 1.54) is 0 Å². The van der Waals surface area contributed by atoms with E-state index in [4.69, 9.17) is 4.98 Å². The van der Waals surface area contributed by atoms with E-state index in [1.807, 2.05) is 37.3 Å². The second-order valence-corrected chi connectivity index (χ2v) is 9.69. The van der Waals surface area contributed by atoms with Gasteiger partial charge in [0.15, 0.2) is 5.82 Å². The number of aromatic amines is 1. The number of hydrogen-bond acceptors (Lipinski definition) is 5. The molecule has 1 spiro atoms. The highest BCUT2D eigenvalue weighted by molar-refractivity contribution is 7.89.